The van der Waals surface area contributed by atoms with Gasteiger partial charge in [-0.25, -0.2) is 9.37 Å². The fourth-order valence-corrected chi connectivity index (χ4v) is 2.37. The summed E-state index contributed by atoms with van der Waals surface area (Å²) in [5, 5.41) is 4.02. The van der Waals surface area contributed by atoms with Gasteiger partial charge in [-0.05, 0) is 18.9 Å². The Balaban J connectivity index is 1.90. The summed E-state index contributed by atoms with van der Waals surface area (Å²) >= 11 is 0. The average Bonchev–Trinajstić information content (AvgIpc) is 3.06. The monoisotopic (exact) mass is 318 g/mol. The number of benzene rings is 1. The minimum absolute atomic E-state index is 0.0572. The molecule has 0 fully saturated rings. The number of halogens is 1. The third-order valence-electron chi connectivity index (χ3n) is 3.70. The van der Waals surface area contributed by atoms with Gasteiger partial charge in [-0.2, -0.15) is 5.10 Å². The van der Waals surface area contributed by atoms with Crippen molar-refractivity contribution in [3.63, 3.8) is 0 Å². The van der Waals surface area contributed by atoms with Crippen molar-refractivity contribution < 1.29 is 9.18 Å². The average molecular weight is 318 g/mol. The molecule has 0 radical (unpaired) electrons. The second-order valence-electron chi connectivity index (χ2n) is 5.52. The number of amides is 1. The van der Waals surface area contributed by atoms with Crippen LogP contribution in [0, 0.1) is 5.82 Å². The largest absolute Gasteiger partial charge is 0.338 e. The number of carbonyl (C=O) groups is 1. The molecular formula is C17H23FN4O. The van der Waals surface area contributed by atoms with E-state index in [0.717, 1.165) is 12.8 Å². The number of nitrogens with zero attached hydrogens (tertiary/aromatic N) is 4. The number of hydrogen-bond donors (Lipinski definition) is 0. The Hall–Kier alpha value is -2.24. The van der Waals surface area contributed by atoms with Gasteiger partial charge in [-0.3, -0.25) is 9.48 Å². The Labute approximate surface area is 136 Å². The molecule has 1 aromatic heterocycles. The Morgan fingerprint density at radius 1 is 1.30 bits per heavy atom. The SMILES string of the molecule is CCCCN(Cc1ccccc1F)C(=O)CCCn1cncn1. The molecule has 0 saturated carbocycles. The van der Waals surface area contributed by atoms with Gasteiger partial charge in [0.15, 0.2) is 0 Å². The fourth-order valence-electron chi connectivity index (χ4n) is 2.37. The summed E-state index contributed by atoms with van der Waals surface area (Å²) in [7, 11) is 0. The zero-order chi connectivity index (χ0) is 16.5. The Bertz CT molecular complexity index is 600. The highest BCUT2D eigenvalue weighted by molar-refractivity contribution is 5.76. The minimum atomic E-state index is -0.260. The van der Waals surface area contributed by atoms with Crippen LogP contribution in [-0.4, -0.2) is 32.1 Å². The third kappa shape index (κ3) is 5.47. The highest BCUT2D eigenvalue weighted by atomic mass is 19.1. The van der Waals surface area contributed by atoms with Crippen LogP contribution in [0.1, 0.15) is 38.2 Å². The minimum Gasteiger partial charge on any atom is -0.338 e. The van der Waals surface area contributed by atoms with Crippen LogP contribution in [0.2, 0.25) is 0 Å². The van der Waals surface area contributed by atoms with E-state index >= 15 is 0 Å². The summed E-state index contributed by atoms with van der Waals surface area (Å²) < 4.78 is 15.5. The topological polar surface area (TPSA) is 51.0 Å². The van der Waals surface area contributed by atoms with Gasteiger partial charge >= 0.3 is 0 Å². The molecule has 2 rings (SSSR count). The zero-order valence-electron chi connectivity index (χ0n) is 13.5. The number of aryl methyl sites for hydroxylation is 1. The van der Waals surface area contributed by atoms with Crippen molar-refractivity contribution in [1.82, 2.24) is 19.7 Å². The molecule has 124 valence electrons. The van der Waals surface area contributed by atoms with Crippen molar-refractivity contribution >= 4 is 5.91 Å². The molecule has 0 aliphatic carbocycles. The molecule has 23 heavy (non-hydrogen) atoms. The Kier molecular flexibility index (Phi) is 6.72. The molecule has 6 heteroatoms. The van der Waals surface area contributed by atoms with Gasteiger partial charge in [0.05, 0.1) is 0 Å². The molecule has 0 unspecified atom stereocenters. The Morgan fingerprint density at radius 2 is 2.13 bits per heavy atom. The summed E-state index contributed by atoms with van der Waals surface area (Å²) in [5.74, 6) is -0.203. The van der Waals surface area contributed by atoms with Crippen molar-refractivity contribution in [2.75, 3.05) is 6.54 Å². The predicted molar refractivity (Wildman–Crippen MR) is 86.0 cm³/mol. The zero-order valence-corrected chi connectivity index (χ0v) is 13.5. The van der Waals surface area contributed by atoms with E-state index in [9.17, 15) is 9.18 Å². The van der Waals surface area contributed by atoms with E-state index in [2.05, 4.69) is 17.0 Å². The van der Waals surface area contributed by atoms with Gasteiger partial charge in [-0.1, -0.05) is 31.5 Å². The normalized spacial score (nSPS) is 10.7. The van der Waals surface area contributed by atoms with Gasteiger partial charge in [0.1, 0.15) is 18.5 Å². The molecule has 0 saturated heterocycles. The summed E-state index contributed by atoms with van der Waals surface area (Å²) in [6.07, 6.45) is 6.16. The van der Waals surface area contributed by atoms with Gasteiger partial charge in [0, 0.05) is 31.6 Å². The van der Waals surface area contributed by atoms with Crippen LogP contribution in [0.15, 0.2) is 36.9 Å². The molecule has 0 atom stereocenters. The van der Waals surface area contributed by atoms with E-state index in [1.54, 1.807) is 34.1 Å². The van der Waals surface area contributed by atoms with E-state index in [-0.39, 0.29) is 11.7 Å². The van der Waals surface area contributed by atoms with Crippen LogP contribution in [0.5, 0.6) is 0 Å². The third-order valence-corrected chi connectivity index (χ3v) is 3.70. The van der Waals surface area contributed by atoms with Crippen LogP contribution in [-0.2, 0) is 17.9 Å². The molecule has 0 bridgehead atoms. The van der Waals surface area contributed by atoms with E-state index in [1.807, 2.05) is 0 Å². The van der Waals surface area contributed by atoms with Crippen molar-refractivity contribution in [3.05, 3.63) is 48.3 Å². The standard InChI is InChI=1S/C17H23FN4O/c1-2-3-10-21(12-15-7-4-5-8-16(15)18)17(23)9-6-11-22-14-19-13-20-22/h4-5,7-8,13-14H,2-3,6,9-12H2,1H3. The molecule has 0 aliphatic rings. The maximum atomic E-state index is 13.8. The number of aromatic nitrogens is 3. The Morgan fingerprint density at radius 3 is 2.83 bits per heavy atom. The molecule has 1 heterocycles. The lowest BCUT2D eigenvalue weighted by molar-refractivity contribution is -0.132. The maximum absolute atomic E-state index is 13.8. The van der Waals surface area contributed by atoms with E-state index < -0.39 is 0 Å². The maximum Gasteiger partial charge on any atom is 0.222 e. The van der Waals surface area contributed by atoms with Crippen LogP contribution in [0.4, 0.5) is 4.39 Å². The first-order valence-electron chi connectivity index (χ1n) is 8.04. The van der Waals surface area contributed by atoms with Crippen LogP contribution in [0.3, 0.4) is 0 Å². The van der Waals surface area contributed by atoms with Crippen molar-refractivity contribution in [3.8, 4) is 0 Å². The predicted octanol–water partition coefficient (Wildman–Crippen LogP) is 3.03. The molecular weight excluding hydrogens is 295 g/mol. The van der Waals surface area contributed by atoms with Crippen molar-refractivity contribution in [2.45, 2.75) is 45.7 Å². The van der Waals surface area contributed by atoms with Crippen LogP contribution in [0.25, 0.3) is 0 Å². The van der Waals surface area contributed by atoms with Crippen molar-refractivity contribution in [2.24, 2.45) is 0 Å². The van der Waals surface area contributed by atoms with E-state index in [1.165, 1.54) is 12.4 Å². The lowest BCUT2D eigenvalue weighted by atomic mass is 10.1. The number of hydrogen-bond acceptors (Lipinski definition) is 3. The molecule has 0 aliphatic heterocycles. The molecule has 0 spiro atoms. The first-order chi connectivity index (χ1) is 11.2. The molecule has 1 amide bonds. The van der Waals surface area contributed by atoms with Crippen LogP contribution >= 0.6 is 0 Å². The van der Waals surface area contributed by atoms with Crippen LogP contribution < -0.4 is 0 Å². The summed E-state index contributed by atoms with van der Waals surface area (Å²) in [6.45, 7) is 3.73. The summed E-state index contributed by atoms with van der Waals surface area (Å²) in [5.41, 5.74) is 0.563. The highest BCUT2D eigenvalue weighted by Crippen LogP contribution is 2.12. The van der Waals surface area contributed by atoms with E-state index in [4.69, 9.17) is 0 Å². The van der Waals surface area contributed by atoms with Gasteiger partial charge < -0.3 is 4.90 Å². The fraction of sp³-hybridized carbons (Fsp3) is 0.471. The van der Waals surface area contributed by atoms with Gasteiger partial charge in [0.25, 0.3) is 0 Å². The van der Waals surface area contributed by atoms with Gasteiger partial charge in [-0.15, -0.1) is 0 Å². The molecule has 5 nitrogen and oxygen atoms in total. The number of rotatable bonds is 9. The quantitative estimate of drug-likeness (QED) is 0.714. The van der Waals surface area contributed by atoms with Crippen molar-refractivity contribution in [1.29, 1.82) is 0 Å². The smallest absolute Gasteiger partial charge is 0.222 e. The highest BCUT2D eigenvalue weighted by Gasteiger charge is 2.15. The second-order valence-corrected chi connectivity index (χ2v) is 5.52. The summed E-state index contributed by atoms with van der Waals surface area (Å²) in [4.78, 5) is 18.1. The lowest BCUT2D eigenvalue weighted by Gasteiger charge is -2.23. The molecule has 1 aromatic carbocycles. The number of carbonyl (C=O) groups excluding carboxylic acids is 1. The first-order valence-corrected chi connectivity index (χ1v) is 8.04. The second kappa shape index (κ2) is 9.02. The summed E-state index contributed by atoms with van der Waals surface area (Å²) in [6, 6.07) is 6.63. The van der Waals surface area contributed by atoms with Gasteiger partial charge in [0.2, 0.25) is 5.91 Å². The number of unbranched alkanes of at least 4 members (excludes halogenated alkanes) is 1. The first kappa shape index (κ1) is 17.1. The molecule has 0 N–H and O–H groups in total. The van der Waals surface area contributed by atoms with E-state index in [0.29, 0.717) is 38.0 Å². The molecule has 2 aromatic rings. The lowest BCUT2D eigenvalue weighted by Crippen LogP contribution is -2.31.